The first-order chi connectivity index (χ1) is 29.4. The van der Waals surface area contributed by atoms with Crippen LogP contribution in [0.15, 0.2) is 36.4 Å². The summed E-state index contributed by atoms with van der Waals surface area (Å²) in [7, 11) is 4.94. The van der Waals surface area contributed by atoms with Crippen molar-refractivity contribution < 1.29 is 47.0 Å². The van der Waals surface area contributed by atoms with Gasteiger partial charge in [-0.1, -0.05) is 19.3 Å². The maximum absolute atomic E-state index is 14.6. The Morgan fingerprint density at radius 3 is 1.87 bits per heavy atom. The van der Waals surface area contributed by atoms with Crippen molar-refractivity contribution in [3.05, 3.63) is 70.5 Å². The summed E-state index contributed by atoms with van der Waals surface area (Å²) in [6, 6.07) is 7.35. The third-order valence-corrected chi connectivity index (χ3v) is 11.5. The number of amides is 5. The highest BCUT2D eigenvalue weighted by atomic mass is 19.1. The number of fused-ring (bicyclic) bond motifs is 2. The number of ether oxygens (including phenoxy) is 2. The summed E-state index contributed by atoms with van der Waals surface area (Å²) < 4.78 is 42.8. The molecule has 1 aliphatic carbocycles. The second-order valence-electron chi connectivity index (χ2n) is 15.4. The molecule has 5 amide bonds. The van der Waals surface area contributed by atoms with Crippen LogP contribution >= 0.6 is 0 Å². The van der Waals surface area contributed by atoms with E-state index in [-0.39, 0.29) is 118 Å². The molecule has 1 atom stereocenters. The lowest BCUT2D eigenvalue weighted by molar-refractivity contribution is -0.139. The summed E-state index contributed by atoms with van der Waals surface area (Å²) in [5.41, 5.74) is 1.38. The van der Waals surface area contributed by atoms with E-state index in [1.165, 1.54) is 41.0 Å². The van der Waals surface area contributed by atoms with Crippen molar-refractivity contribution in [1.29, 1.82) is 0 Å². The molecule has 328 valence electrons. The predicted octanol–water partition coefficient (Wildman–Crippen LogP) is 2.52. The third kappa shape index (κ3) is 10.3. The molecule has 1 saturated carbocycles. The Morgan fingerprint density at radius 1 is 0.754 bits per heavy atom. The third-order valence-electron chi connectivity index (χ3n) is 11.5. The molecule has 2 aliphatic rings. The molecule has 18 heteroatoms. The number of halogens is 2. The van der Waals surface area contributed by atoms with Crippen LogP contribution in [-0.2, 0) is 33.2 Å². The average Bonchev–Trinajstić information content (AvgIpc) is 3.71. The fraction of sp³-hybridized carbons (Fsp3) is 0.488. The molecule has 2 fully saturated rings. The van der Waals surface area contributed by atoms with Gasteiger partial charge in [0, 0.05) is 75.2 Å². The van der Waals surface area contributed by atoms with E-state index in [0.29, 0.717) is 22.7 Å². The number of hydrogen-bond donors (Lipinski definition) is 4. The lowest BCUT2D eigenvalue weighted by Crippen LogP contribution is -2.58. The van der Waals surface area contributed by atoms with Gasteiger partial charge in [-0.2, -0.15) is 0 Å². The molecule has 1 aliphatic heterocycles. The summed E-state index contributed by atoms with van der Waals surface area (Å²) in [6.45, 7) is 1.80. The molecule has 0 bridgehead atoms. The molecule has 2 aromatic carbocycles. The lowest BCUT2D eigenvalue weighted by Gasteiger charge is -2.39. The molecule has 3 heterocycles. The highest BCUT2D eigenvalue weighted by Gasteiger charge is 2.37. The second kappa shape index (κ2) is 20.7. The lowest BCUT2D eigenvalue weighted by atomic mass is 9.83. The van der Waals surface area contributed by atoms with Gasteiger partial charge < -0.3 is 49.7 Å². The zero-order valence-corrected chi connectivity index (χ0v) is 34.8. The number of nitrogens with zero attached hydrogens (tertiary/aromatic N) is 4. The maximum atomic E-state index is 14.6. The van der Waals surface area contributed by atoms with E-state index < -0.39 is 35.4 Å². The molecule has 1 unspecified atom stereocenters. The fourth-order valence-corrected chi connectivity index (χ4v) is 8.39. The van der Waals surface area contributed by atoms with Crippen LogP contribution in [0.4, 0.5) is 8.78 Å². The first-order valence-electron chi connectivity index (χ1n) is 20.7. The van der Waals surface area contributed by atoms with Crippen molar-refractivity contribution in [2.24, 2.45) is 20.0 Å². The number of aromatic nitrogens is 2. The standard InChI is InChI=1S/C43H54F2N8O8/c1-46-25-35(55)49-38(27-7-5-4-6-8-27)42(58)52-15-17-53(18-16-52)43(59)39-37(31-24-29(45)10-12-33(31)51(39)3)41(57)48-14-20-61-22-21-60-19-13-47-40(56)36-30-23-28(44)9-11-32(30)50(2)34(36)26-54/h9-12,23-24,26-27,38,46H,4-8,13-22,25H2,1-3H3,(H,47,56)(H,48,57)(H,49,55). The normalized spacial score (nSPS) is 15.2. The zero-order chi connectivity index (χ0) is 43.6. The number of carbonyl (C=O) groups excluding carboxylic acids is 6. The zero-order valence-electron chi connectivity index (χ0n) is 34.8. The molecule has 16 nitrogen and oxygen atoms in total. The second-order valence-corrected chi connectivity index (χ2v) is 15.4. The number of benzene rings is 2. The quantitative estimate of drug-likeness (QED) is 0.0864. The number of carbonyl (C=O) groups is 6. The van der Waals surface area contributed by atoms with Crippen LogP contribution in [0.5, 0.6) is 0 Å². The van der Waals surface area contributed by atoms with E-state index in [1.54, 1.807) is 35.5 Å². The fourth-order valence-electron chi connectivity index (χ4n) is 8.39. The SMILES string of the molecule is CNCC(=O)NC(C(=O)N1CCN(C(=O)c2c(C(=O)NCCOCCOCCNC(=O)c3c(C=O)n(C)c4ccc(F)cc34)c3cc(F)ccc3n2C)CC1)C1CCCCC1. The van der Waals surface area contributed by atoms with Crippen LogP contribution in [0.25, 0.3) is 21.8 Å². The Hall–Kier alpha value is -5.72. The highest BCUT2D eigenvalue weighted by molar-refractivity contribution is 6.16. The minimum absolute atomic E-state index is 0.0318. The number of rotatable bonds is 18. The molecule has 0 radical (unpaired) electrons. The molecule has 1 saturated heterocycles. The van der Waals surface area contributed by atoms with Gasteiger partial charge in [0.2, 0.25) is 11.8 Å². The van der Waals surface area contributed by atoms with Crippen molar-refractivity contribution >= 4 is 57.6 Å². The number of piperazine rings is 1. The van der Waals surface area contributed by atoms with Gasteiger partial charge in [-0.25, -0.2) is 8.78 Å². The van der Waals surface area contributed by atoms with Crippen molar-refractivity contribution in [3.8, 4) is 0 Å². The van der Waals surface area contributed by atoms with Crippen LogP contribution in [-0.4, -0.2) is 140 Å². The molecule has 2 aromatic heterocycles. The van der Waals surface area contributed by atoms with Crippen molar-refractivity contribution in [1.82, 2.24) is 40.2 Å². The Labute approximate surface area is 352 Å². The van der Waals surface area contributed by atoms with Gasteiger partial charge in [-0.05, 0) is 62.2 Å². The Kier molecular flexibility index (Phi) is 15.2. The largest absolute Gasteiger partial charge is 0.377 e. The van der Waals surface area contributed by atoms with Crippen molar-refractivity contribution in [2.75, 3.05) is 79.3 Å². The van der Waals surface area contributed by atoms with Crippen LogP contribution in [0.2, 0.25) is 0 Å². The molecule has 4 N–H and O–H groups in total. The minimum atomic E-state index is -0.640. The summed E-state index contributed by atoms with van der Waals surface area (Å²) >= 11 is 0. The first kappa shape index (κ1) is 44.8. The molecule has 6 rings (SSSR count). The Balaban J connectivity index is 0.986. The summed E-state index contributed by atoms with van der Waals surface area (Å²) in [6.07, 6.45) is 5.38. The van der Waals surface area contributed by atoms with Gasteiger partial charge in [0.25, 0.3) is 17.7 Å². The van der Waals surface area contributed by atoms with Gasteiger partial charge in [0.15, 0.2) is 6.29 Å². The topological polar surface area (TPSA) is 185 Å². The van der Waals surface area contributed by atoms with E-state index in [9.17, 15) is 37.5 Å². The van der Waals surface area contributed by atoms with E-state index in [2.05, 4.69) is 21.3 Å². The number of hydrogen-bond acceptors (Lipinski definition) is 9. The molecule has 4 aromatic rings. The van der Waals surface area contributed by atoms with Crippen molar-refractivity contribution in [2.45, 2.75) is 38.1 Å². The van der Waals surface area contributed by atoms with Crippen LogP contribution in [0.3, 0.4) is 0 Å². The molecular weight excluding hydrogens is 795 g/mol. The van der Waals surface area contributed by atoms with Crippen LogP contribution in [0.1, 0.15) is 73.8 Å². The first-order valence-corrected chi connectivity index (χ1v) is 20.7. The van der Waals surface area contributed by atoms with E-state index >= 15 is 0 Å². The summed E-state index contributed by atoms with van der Waals surface area (Å²) in [4.78, 5) is 82.2. The number of aldehydes is 1. The summed E-state index contributed by atoms with van der Waals surface area (Å²) in [5.74, 6) is -2.99. The van der Waals surface area contributed by atoms with Crippen LogP contribution < -0.4 is 21.3 Å². The van der Waals surface area contributed by atoms with Gasteiger partial charge in [0.1, 0.15) is 23.4 Å². The van der Waals surface area contributed by atoms with Gasteiger partial charge in [-0.15, -0.1) is 0 Å². The van der Waals surface area contributed by atoms with Gasteiger partial charge in [0.05, 0.1) is 49.8 Å². The number of nitrogens with one attached hydrogen (secondary N) is 4. The monoisotopic (exact) mass is 848 g/mol. The number of likely N-dealkylation sites (N-methyl/N-ethyl adjacent to an activating group) is 1. The Bertz CT molecular complexity index is 2260. The van der Waals surface area contributed by atoms with Gasteiger partial charge >= 0.3 is 0 Å². The van der Waals surface area contributed by atoms with Crippen molar-refractivity contribution in [3.63, 3.8) is 0 Å². The van der Waals surface area contributed by atoms with E-state index in [4.69, 9.17) is 9.47 Å². The molecule has 0 spiro atoms. The Morgan fingerprint density at radius 2 is 1.30 bits per heavy atom. The predicted molar refractivity (Wildman–Crippen MR) is 222 cm³/mol. The number of aryl methyl sites for hydroxylation is 2. The maximum Gasteiger partial charge on any atom is 0.271 e. The summed E-state index contributed by atoms with van der Waals surface area (Å²) in [5, 5.41) is 11.9. The van der Waals surface area contributed by atoms with E-state index in [0.717, 1.165) is 32.1 Å². The smallest absolute Gasteiger partial charge is 0.271 e. The highest BCUT2D eigenvalue weighted by Crippen LogP contribution is 2.30. The van der Waals surface area contributed by atoms with Gasteiger partial charge in [-0.3, -0.25) is 28.8 Å². The average molecular weight is 849 g/mol. The molecule has 61 heavy (non-hydrogen) atoms. The minimum Gasteiger partial charge on any atom is -0.377 e. The molecular formula is C43H54F2N8O8. The van der Waals surface area contributed by atoms with E-state index in [1.807, 2.05) is 0 Å². The van der Waals surface area contributed by atoms with Crippen LogP contribution in [0, 0.1) is 17.6 Å².